The van der Waals surface area contributed by atoms with Gasteiger partial charge in [-0.1, -0.05) is 12.0 Å². The Hall–Kier alpha value is -0.300. The van der Waals surface area contributed by atoms with Crippen LogP contribution in [0.1, 0.15) is 51.9 Å². The first kappa shape index (κ1) is 12.2. The van der Waals surface area contributed by atoms with E-state index in [1.54, 1.807) is 6.42 Å². The molecule has 0 aliphatic heterocycles. The first-order valence-electron chi connectivity index (χ1n) is 7.00. The molecular formula is C15H27N. The highest BCUT2D eigenvalue weighted by Crippen LogP contribution is 2.50. The summed E-state index contributed by atoms with van der Waals surface area (Å²) in [6.07, 6.45) is 9.98. The summed E-state index contributed by atoms with van der Waals surface area (Å²) in [5.41, 5.74) is 1.33. The molecule has 2 rings (SSSR count). The Bertz CT molecular complexity index is 246. The van der Waals surface area contributed by atoms with E-state index in [4.69, 9.17) is 0 Å². The van der Waals surface area contributed by atoms with Crippen LogP contribution in [0.15, 0.2) is 12.2 Å². The molecule has 2 aliphatic carbocycles. The summed E-state index contributed by atoms with van der Waals surface area (Å²) in [6.45, 7) is 6.15. The predicted octanol–water partition coefficient (Wildman–Crippen LogP) is 3.76. The minimum atomic E-state index is 0.723. The van der Waals surface area contributed by atoms with Gasteiger partial charge in [-0.3, -0.25) is 0 Å². The van der Waals surface area contributed by atoms with Gasteiger partial charge in [0, 0.05) is 6.04 Å². The van der Waals surface area contributed by atoms with E-state index in [0.717, 1.165) is 23.8 Å². The molecule has 1 nitrogen and oxygen atoms in total. The van der Waals surface area contributed by atoms with Crippen molar-refractivity contribution in [2.45, 2.75) is 57.9 Å². The molecule has 4 atom stereocenters. The number of nitrogens with one attached hydrogen (secondary N) is 1. The van der Waals surface area contributed by atoms with Gasteiger partial charge < -0.3 is 5.32 Å². The number of rotatable bonds is 6. The molecule has 0 saturated heterocycles. The summed E-state index contributed by atoms with van der Waals surface area (Å²) in [5, 5.41) is 3.50. The highest BCUT2D eigenvalue weighted by Gasteiger charge is 2.39. The average molecular weight is 221 g/mol. The largest absolute Gasteiger partial charge is 0.317 e. The van der Waals surface area contributed by atoms with Crippen LogP contribution in [0.5, 0.6) is 0 Å². The zero-order valence-corrected chi connectivity index (χ0v) is 11.0. The van der Waals surface area contributed by atoms with Crippen LogP contribution in [0.3, 0.4) is 0 Å². The van der Waals surface area contributed by atoms with E-state index < -0.39 is 0 Å². The maximum Gasteiger partial charge on any atom is 0.00698 e. The van der Waals surface area contributed by atoms with Crippen LogP contribution in [0, 0.1) is 17.8 Å². The summed E-state index contributed by atoms with van der Waals surface area (Å²) < 4.78 is 0. The molecule has 0 spiro atoms. The Morgan fingerprint density at radius 2 is 2.19 bits per heavy atom. The Kier molecular flexibility index (Phi) is 4.07. The quantitative estimate of drug-likeness (QED) is 0.673. The van der Waals surface area contributed by atoms with E-state index in [0.29, 0.717) is 0 Å². The van der Waals surface area contributed by atoms with Crippen LogP contribution in [-0.2, 0) is 0 Å². The lowest BCUT2D eigenvalue weighted by Gasteiger charge is -2.26. The van der Waals surface area contributed by atoms with Gasteiger partial charge in [-0.05, 0) is 70.3 Å². The lowest BCUT2D eigenvalue weighted by molar-refractivity contribution is 0.277. The van der Waals surface area contributed by atoms with Crippen molar-refractivity contribution in [2.75, 3.05) is 7.05 Å². The third-order valence-electron chi connectivity index (χ3n) is 4.80. The average Bonchev–Trinajstić information content (AvgIpc) is 2.85. The van der Waals surface area contributed by atoms with Gasteiger partial charge in [0.25, 0.3) is 0 Å². The zero-order chi connectivity index (χ0) is 11.5. The van der Waals surface area contributed by atoms with E-state index >= 15 is 0 Å². The normalized spacial score (nSPS) is 34.2. The van der Waals surface area contributed by atoms with Gasteiger partial charge in [-0.25, -0.2) is 0 Å². The molecule has 16 heavy (non-hydrogen) atoms. The molecule has 2 fully saturated rings. The van der Waals surface area contributed by atoms with Crippen molar-refractivity contribution < 1.29 is 0 Å². The third kappa shape index (κ3) is 2.88. The van der Waals surface area contributed by atoms with E-state index in [1.807, 2.05) is 0 Å². The van der Waals surface area contributed by atoms with Crippen molar-refractivity contribution in [1.29, 1.82) is 0 Å². The molecular weight excluding hydrogens is 194 g/mol. The Labute approximate surface area is 101 Å². The number of allylic oxidation sites excluding steroid dienone is 1. The van der Waals surface area contributed by atoms with Gasteiger partial charge in [0.2, 0.25) is 0 Å². The first-order chi connectivity index (χ1) is 7.69. The molecule has 2 saturated carbocycles. The minimum absolute atomic E-state index is 0.723. The number of hydrogen-bond acceptors (Lipinski definition) is 1. The highest BCUT2D eigenvalue weighted by atomic mass is 14.9. The molecule has 0 aromatic heterocycles. The maximum atomic E-state index is 4.00. The monoisotopic (exact) mass is 221 g/mol. The second-order valence-corrected chi connectivity index (χ2v) is 6.15. The van der Waals surface area contributed by atoms with Gasteiger partial charge in [0.1, 0.15) is 0 Å². The van der Waals surface area contributed by atoms with E-state index in [-0.39, 0.29) is 0 Å². The van der Waals surface area contributed by atoms with Crippen molar-refractivity contribution in [3.05, 3.63) is 12.2 Å². The summed E-state index contributed by atoms with van der Waals surface area (Å²) in [4.78, 5) is 0. The van der Waals surface area contributed by atoms with E-state index in [2.05, 4.69) is 25.9 Å². The van der Waals surface area contributed by atoms with Crippen molar-refractivity contribution in [1.82, 2.24) is 5.32 Å². The summed E-state index contributed by atoms with van der Waals surface area (Å²) in [6, 6.07) is 0.723. The molecule has 1 N–H and O–H groups in total. The van der Waals surface area contributed by atoms with Crippen LogP contribution in [0.25, 0.3) is 0 Å². The summed E-state index contributed by atoms with van der Waals surface area (Å²) in [7, 11) is 2.12. The van der Waals surface area contributed by atoms with Crippen LogP contribution in [-0.4, -0.2) is 13.1 Å². The molecule has 0 aromatic carbocycles. The molecule has 0 heterocycles. The van der Waals surface area contributed by atoms with Crippen LogP contribution < -0.4 is 5.32 Å². The number of hydrogen-bond donors (Lipinski definition) is 1. The Morgan fingerprint density at radius 3 is 2.69 bits per heavy atom. The van der Waals surface area contributed by atoms with Crippen LogP contribution in [0.2, 0.25) is 0 Å². The Balaban J connectivity index is 1.76. The topological polar surface area (TPSA) is 12.0 Å². The number of fused-ring (bicyclic) bond motifs is 2. The fourth-order valence-electron chi connectivity index (χ4n) is 3.83. The first-order valence-corrected chi connectivity index (χ1v) is 7.00. The third-order valence-corrected chi connectivity index (χ3v) is 4.80. The molecule has 2 aliphatic rings. The van der Waals surface area contributed by atoms with Crippen molar-refractivity contribution in [3.8, 4) is 0 Å². The SMILES string of the molecule is C=C(C)CCC(CC1CC2CCC1C2)NC. The van der Waals surface area contributed by atoms with Gasteiger partial charge in [-0.15, -0.1) is 6.58 Å². The molecule has 0 radical (unpaired) electrons. The van der Waals surface area contributed by atoms with E-state index in [9.17, 15) is 0 Å². The van der Waals surface area contributed by atoms with Crippen molar-refractivity contribution >= 4 is 0 Å². The van der Waals surface area contributed by atoms with Crippen molar-refractivity contribution in [3.63, 3.8) is 0 Å². The van der Waals surface area contributed by atoms with E-state index in [1.165, 1.54) is 44.1 Å². The van der Waals surface area contributed by atoms with Gasteiger partial charge in [-0.2, -0.15) is 0 Å². The second-order valence-electron chi connectivity index (χ2n) is 6.15. The Morgan fingerprint density at radius 1 is 1.38 bits per heavy atom. The second kappa shape index (κ2) is 5.35. The smallest absolute Gasteiger partial charge is 0.00698 e. The lowest BCUT2D eigenvalue weighted by Crippen LogP contribution is -2.29. The van der Waals surface area contributed by atoms with Crippen LogP contribution in [0.4, 0.5) is 0 Å². The van der Waals surface area contributed by atoms with Crippen molar-refractivity contribution in [2.24, 2.45) is 17.8 Å². The molecule has 2 bridgehead atoms. The fraction of sp³-hybridized carbons (Fsp3) is 0.867. The minimum Gasteiger partial charge on any atom is -0.317 e. The molecule has 4 unspecified atom stereocenters. The standard InChI is InChI=1S/C15H27N/c1-11(2)4-7-15(16-3)10-14-9-12-5-6-13(14)8-12/h12-16H,1,4-10H2,2-3H3. The van der Waals surface area contributed by atoms with Gasteiger partial charge >= 0.3 is 0 Å². The molecule has 0 amide bonds. The molecule has 1 heteroatoms. The molecule has 0 aromatic rings. The zero-order valence-electron chi connectivity index (χ0n) is 11.0. The maximum absolute atomic E-state index is 4.00. The fourth-order valence-corrected chi connectivity index (χ4v) is 3.83. The van der Waals surface area contributed by atoms with Gasteiger partial charge in [0.15, 0.2) is 0 Å². The highest BCUT2D eigenvalue weighted by molar-refractivity contribution is 4.93. The summed E-state index contributed by atoms with van der Waals surface area (Å²) >= 11 is 0. The lowest BCUT2D eigenvalue weighted by atomic mass is 9.83. The summed E-state index contributed by atoms with van der Waals surface area (Å²) in [5.74, 6) is 3.20. The molecule has 92 valence electrons. The predicted molar refractivity (Wildman–Crippen MR) is 70.5 cm³/mol. The van der Waals surface area contributed by atoms with Gasteiger partial charge in [0.05, 0.1) is 0 Å². The van der Waals surface area contributed by atoms with Crippen LogP contribution >= 0.6 is 0 Å².